The molecule has 2 heterocycles. The second-order valence-electron chi connectivity index (χ2n) is 7.42. The van der Waals surface area contributed by atoms with Gasteiger partial charge in [-0.1, -0.05) is 18.7 Å². The first-order valence-electron chi connectivity index (χ1n) is 9.41. The molecule has 1 aromatic carbocycles. The normalized spacial score (nSPS) is 13.8. The van der Waals surface area contributed by atoms with E-state index >= 15 is 0 Å². The third kappa shape index (κ3) is 3.88. The van der Waals surface area contributed by atoms with E-state index in [0.29, 0.717) is 17.2 Å². The van der Waals surface area contributed by atoms with Crippen molar-refractivity contribution in [2.45, 2.75) is 32.7 Å². The van der Waals surface area contributed by atoms with Crippen LogP contribution in [0.25, 0.3) is 27.6 Å². The van der Waals surface area contributed by atoms with Crippen LogP contribution in [0.4, 0.5) is 10.1 Å². The number of hydrogen-bond acceptors (Lipinski definition) is 3. The maximum atomic E-state index is 13.9. The minimum atomic E-state index is -0.255. The number of aromatic nitrogens is 3. The lowest BCUT2D eigenvalue weighted by Crippen LogP contribution is -2.03. The summed E-state index contributed by atoms with van der Waals surface area (Å²) in [6.07, 6.45) is 9.13. The molecule has 5 heteroatoms. The van der Waals surface area contributed by atoms with Gasteiger partial charge in [0.05, 0.1) is 29.3 Å². The number of nitrogens with zero attached hydrogens (tertiary/aromatic N) is 2. The summed E-state index contributed by atoms with van der Waals surface area (Å²) in [5, 5.41) is 11.6. The number of hydrogen-bond donors (Lipinski definition) is 2. The van der Waals surface area contributed by atoms with E-state index in [1.165, 1.54) is 18.9 Å². The molecule has 1 aliphatic carbocycles. The number of H-pyrrole nitrogens is 1. The van der Waals surface area contributed by atoms with Crippen molar-refractivity contribution in [1.29, 1.82) is 0 Å². The van der Waals surface area contributed by atoms with Gasteiger partial charge in [-0.25, -0.2) is 4.39 Å². The highest BCUT2D eigenvalue weighted by Crippen LogP contribution is 2.33. The fourth-order valence-electron chi connectivity index (χ4n) is 3.01. The van der Waals surface area contributed by atoms with Gasteiger partial charge in [0.1, 0.15) is 5.83 Å². The summed E-state index contributed by atoms with van der Waals surface area (Å²) in [6, 6.07) is 8.75. The van der Waals surface area contributed by atoms with Crippen LogP contribution in [0.3, 0.4) is 0 Å². The van der Waals surface area contributed by atoms with Crippen LogP contribution in [0.15, 0.2) is 66.8 Å². The summed E-state index contributed by atoms with van der Waals surface area (Å²) in [4.78, 5) is 4.65. The maximum absolute atomic E-state index is 13.9. The Morgan fingerprint density at radius 2 is 2.04 bits per heavy atom. The molecular formula is C23H23FN4. The van der Waals surface area contributed by atoms with Crippen molar-refractivity contribution in [2.75, 3.05) is 5.32 Å². The van der Waals surface area contributed by atoms with Crippen molar-refractivity contribution in [3.8, 4) is 11.1 Å². The second-order valence-corrected chi connectivity index (χ2v) is 7.42. The molecular weight excluding hydrogens is 351 g/mol. The van der Waals surface area contributed by atoms with Crippen molar-refractivity contribution < 1.29 is 4.39 Å². The zero-order chi connectivity index (χ0) is 19.7. The first kappa shape index (κ1) is 18.2. The van der Waals surface area contributed by atoms with Crippen LogP contribution >= 0.6 is 0 Å². The van der Waals surface area contributed by atoms with Crippen molar-refractivity contribution in [3.05, 3.63) is 72.5 Å². The number of halogens is 1. The molecule has 3 aromatic rings. The van der Waals surface area contributed by atoms with Gasteiger partial charge in [0.25, 0.3) is 0 Å². The van der Waals surface area contributed by atoms with Crippen LogP contribution in [-0.4, -0.2) is 21.2 Å². The van der Waals surface area contributed by atoms with Gasteiger partial charge in [-0.2, -0.15) is 5.10 Å². The lowest BCUT2D eigenvalue weighted by molar-refractivity contribution is 0.654. The van der Waals surface area contributed by atoms with Gasteiger partial charge < -0.3 is 5.32 Å². The summed E-state index contributed by atoms with van der Waals surface area (Å²) >= 11 is 0. The molecule has 1 fully saturated rings. The molecule has 0 radical (unpaired) electrons. The zero-order valence-corrected chi connectivity index (χ0v) is 16.1. The zero-order valence-electron chi connectivity index (χ0n) is 16.1. The predicted molar refractivity (Wildman–Crippen MR) is 114 cm³/mol. The third-order valence-corrected chi connectivity index (χ3v) is 4.80. The van der Waals surface area contributed by atoms with E-state index in [-0.39, 0.29) is 5.83 Å². The first-order valence-corrected chi connectivity index (χ1v) is 9.41. The van der Waals surface area contributed by atoms with E-state index in [9.17, 15) is 4.39 Å². The number of rotatable bonds is 6. The highest BCUT2D eigenvalue weighted by Gasteiger charge is 2.21. The number of benzene rings is 1. The van der Waals surface area contributed by atoms with Crippen LogP contribution < -0.4 is 5.32 Å². The molecule has 0 amide bonds. The lowest BCUT2D eigenvalue weighted by Gasteiger charge is -2.13. The van der Waals surface area contributed by atoms with Gasteiger partial charge in [-0.15, -0.1) is 0 Å². The van der Waals surface area contributed by atoms with E-state index < -0.39 is 0 Å². The molecule has 1 saturated carbocycles. The van der Waals surface area contributed by atoms with Gasteiger partial charge in [0.2, 0.25) is 0 Å². The Morgan fingerprint density at radius 3 is 2.79 bits per heavy atom. The highest BCUT2D eigenvalue weighted by atomic mass is 19.1. The van der Waals surface area contributed by atoms with E-state index in [4.69, 9.17) is 0 Å². The van der Waals surface area contributed by atoms with Crippen LogP contribution in [0.1, 0.15) is 32.4 Å². The molecule has 142 valence electrons. The summed E-state index contributed by atoms with van der Waals surface area (Å²) in [5.74, 6) is -0.255. The SMILES string of the molecule is C=C(/C=C\C(F)=C(C)C)c1ncc(NC2CC2)cc1-c1ccc2[nH]ncc2c1. The molecule has 1 aliphatic rings. The predicted octanol–water partition coefficient (Wildman–Crippen LogP) is 6.03. The van der Waals surface area contributed by atoms with Gasteiger partial charge in [-0.05, 0) is 67.7 Å². The summed E-state index contributed by atoms with van der Waals surface area (Å²) in [5.41, 5.74) is 5.98. The molecule has 0 bridgehead atoms. The van der Waals surface area contributed by atoms with Crippen molar-refractivity contribution in [2.24, 2.45) is 0 Å². The average molecular weight is 374 g/mol. The molecule has 4 nitrogen and oxygen atoms in total. The van der Waals surface area contributed by atoms with Gasteiger partial charge >= 0.3 is 0 Å². The molecule has 4 rings (SSSR count). The van der Waals surface area contributed by atoms with E-state index in [1.54, 1.807) is 26.1 Å². The number of fused-ring (bicyclic) bond motifs is 1. The Hall–Kier alpha value is -3.21. The fourth-order valence-corrected chi connectivity index (χ4v) is 3.01. The largest absolute Gasteiger partial charge is 0.381 e. The Labute approximate surface area is 163 Å². The molecule has 0 saturated heterocycles. The van der Waals surface area contributed by atoms with Crippen molar-refractivity contribution >= 4 is 22.2 Å². The summed E-state index contributed by atoms with van der Waals surface area (Å²) in [7, 11) is 0. The number of aromatic amines is 1. The Morgan fingerprint density at radius 1 is 1.21 bits per heavy atom. The molecule has 0 unspecified atom stereocenters. The monoisotopic (exact) mass is 374 g/mol. The van der Waals surface area contributed by atoms with E-state index in [0.717, 1.165) is 33.4 Å². The fraction of sp³-hybridized carbons (Fsp3) is 0.217. The Kier molecular flexibility index (Phi) is 4.82. The number of nitrogens with one attached hydrogen (secondary N) is 2. The van der Waals surface area contributed by atoms with Crippen LogP contribution in [0.2, 0.25) is 0 Å². The molecule has 2 N–H and O–H groups in total. The quantitative estimate of drug-likeness (QED) is 0.518. The topological polar surface area (TPSA) is 53.6 Å². The van der Waals surface area contributed by atoms with Crippen LogP contribution in [0, 0.1) is 0 Å². The van der Waals surface area contributed by atoms with Gasteiger partial charge in [0, 0.05) is 17.0 Å². The van der Waals surface area contributed by atoms with Gasteiger partial charge in [0.15, 0.2) is 0 Å². The molecule has 0 aliphatic heterocycles. The molecule has 0 atom stereocenters. The summed E-state index contributed by atoms with van der Waals surface area (Å²) in [6.45, 7) is 7.60. The van der Waals surface area contributed by atoms with E-state index in [2.05, 4.69) is 39.2 Å². The highest BCUT2D eigenvalue weighted by molar-refractivity contribution is 5.89. The van der Waals surface area contributed by atoms with Crippen LogP contribution in [0.5, 0.6) is 0 Å². The molecule has 2 aromatic heterocycles. The van der Waals surface area contributed by atoms with Crippen molar-refractivity contribution in [3.63, 3.8) is 0 Å². The first-order chi connectivity index (χ1) is 13.5. The minimum Gasteiger partial charge on any atom is -0.381 e. The van der Waals surface area contributed by atoms with Crippen molar-refractivity contribution in [1.82, 2.24) is 15.2 Å². The maximum Gasteiger partial charge on any atom is 0.121 e. The Balaban J connectivity index is 1.76. The number of pyridine rings is 1. The summed E-state index contributed by atoms with van der Waals surface area (Å²) < 4.78 is 13.9. The number of allylic oxidation sites excluding steroid dienone is 5. The lowest BCUT2D eigenvalue weighted by atomic mass is 9.98. The minimum absolute atomic E-state index is 0.255. The Bertz CT molecular complexity index is 1100. The van der Waals surface area contributed by atoms with Gasteiger partial charge in [-0.3, -0.25) is 10.1 Å². The smallest absolute Gasteiger partial charge is 0.121 e. The molecule has 28 heavy (non-hydrogen) atoms. The third-order valence-electron chi connectivity index (χ3n) is 4.80. The van der Waals surface area contributed by atoms with Crippen LogP contribution in [-0.2, 0) is 0 Å². The van der Waals surface area contributed by atoms with E-state index in [1.807, 2.05) is 18.3 Å². The standard InChI is InChI=1S/C23H23FN4/c1-14(2)21(24)8-4-15(3)23-20(11-19(13-25-23)27-18-6-7-18)16-5-9-22-17(10-16)12-26-28-22/h4-5,8-13,18,27H,3,6-7H2,1-2H3,(H,26,28)/b8-4-. The molecule has 0 spiro atoms. The average Bonchev–Trinajstić information content (AvgIpc) is 3.38. The second kappa shape index (κ2) is 7.43. The number of anilines is 1.